The van der Waals surface area contributed by atoms with Crippen LogP contribution in [0.25, 0.3) is 0 Å². The van der Waals surface area contributed by atoms with Crippen molar-refractivity contribution in [3.63, 3.8) is 0 Å². The number of esters is 1. The molecule has 0 aliphatic heterocycles. The Bertz CT molecular complexity index is 778. The van der Waals surface area contributed by atoms with Gasteiger partial charge in [0, 0.05) is 6.07 Å². The minimum atomic E-state index is -1.53. The molecule has 0 aliphatic rings. The zero-order valence-electron chi connectivity index (χ0n) is 13.3. The maximum Gasteiger partial charge on any atom is 0.340 e. The number of anilines is 1. The largest absolute Gasteiger partial charge is 0.450 e. The van der Waals surface area contributed by atoms with E-state index in [0.717, 1.165) is 0 Å². The molecule has 8 nitrogen and oxygen atoms in total. The van der Waals surface area contributed by atoms with E-state index < -0.39 is 29.0 Å². The van der Waals surface area contributed by atoms with Gasteiger partial charge in [-0.05, 0) is 18.6 Å². The smallest absolute Gasteiger partial charge is 0.340 e. The number of nitro benzene ring substituents is 1. The molecule has 0 radical (unpaired) electrons. The standard InChI is InChI=1S/C17H16N2O6/c1-11(25-17(22)15(20)12-7-3-2-4-8-12)16(21)18-13-9-5-6-10-14(13)19(23)24/h2-11,15,20H,1H3,(H,18,21)/t11-,15+/m0/s1. The summed E-state index contributed by atoms with van der Waals surface area (Å²) < 4.78 is 4.93. The Kier molecular flexibility index (Phi) is 5.80. The fourth-order valence-corrected chi connectivity index (χ4v) is 2.04. The molecule has 2 aromatic carbocycles. The third kappa shape index (κ3) is 4.61. The number of aliphatic hydroxyl groups is 1. The highest BCUT2D eigenvalue weighted by Gasteiger charge is 2.25. The van der Waals surface area contributed by atoms with E-state index in [9.17, 15) is 24.8 Å². The van der Waals surface area contributed by atoms with Crippen molar-refractivity contribution in [2.45, 2.75) is 19.1 Å². The monoisotopic (exact) mass is 344 g/mol. The maximum atomic E-state index is 12.1. The summed E-state index contributed by atoms with van der Waals surface area (Å²) in [5, 5.41) is 23.2. The predicted molar refractivity (Wildman–Crippen MR) is 88.7 cm³/mol. The summed E-state index contributed by atoms with van der Waals surface area (Å²) in [6.45, 7) is 1.31. The van der Waals surface area contributed by atoms with Gasteiger partial charge < -0.3 is 15.2 Å². The molecule has 8 heteroatoms. The molecule has 25 heavy (non-hydrogen) atoms. The summed E-state index contributed by atoms with van der Waals surface area (Å²) >= 11 is 0. The molecular formula is C17H16N2O6. The molecule has 2 atom stereocenters. The van der Waals surface area contributed by atoms with E-state index in [4.69, 9.17) is 4.74 Å². The Morgan fingerprint density at radius 2 is 1.72 bits per heavy atom. The van der Waals surface area contributed by atoms with Crippen LogP contribution in [0.1, 0.15) is 18.6 Å². The molecule has 2 rings (SSSR count). The normalized spacial score (nSPS) is 12.7. The van der Waals surface area contributed by atoms with Gasteiger partial charge in [-0.1, -0.05) is 42.5 Å². The minimum absolute atomic E-state index is 0.0102. The van der Waals surface area contributed by atoms with Gasteiger partial charge in [-0.3, -0.25) is 14.9 Å². The van der Waals surface area contributed by atoms with Crippen LogP contribution in [-0.4, -0.2) is 28.0 Å². The lowest BCUT2D eigenvalue weighted by Crippen LogP contribution is -2.32. The first-order valence-electron chi connectivity index (χ1n) is 7.38. The quantitative estimate of drug-likeness (QED) is 0.471. The van der Waals surface area contributed by atoms with E-state index >= 15 is 0 Å². The first kappa shape index (κ1) is 18.1. The molecule has 0 bridgehead atoms. The number of ether oxygens (including phenoxy) is 1. The van der Waals surface area contributed by atoms with Crippen molar-refractivity contribution >= 4 is 23.3 Å². The Morgan fingerprint density at radius 3 is 2.36 bits per heavy atom. The number of nitrogens with one attached hydrogen (secondary N) is 1. The molecule has 1 amide bonds. The first-order chi connectivity index (χ1) is 11.9. The second-order valence-electron chi connectivity index (χ2n) is 5.16. The van der Waals surface area contributed by atoms with Gasteiger partial charge in [0.15, 0.2) is 12.2 Å². The summed E-state index contributed by atoms with van der Waals surface area (Å²) in [4.78, 5) is 34.3. The van der Waals surface area contributed by atoms with Crippen LogP contribution in [0.2, 0.25) is 0 Å². The highest BCUT2D eigenvalue weighted by atomic mass is 16.6. The average molecular weight is 344 g/mol. The third-order valence-electron chi connectivity index (χ3n) is 3.36. The van der Waals surface area contributed by atoms with E-state index in [1.54, 1.807) is 30.3 Å². The minimum Gasteiger partial charge on any atom is -0.450 e. The molecule has 0 fully saturated rings. The van der Waals surface area contributed by atoms with Gasteiger partial charge in [-0.2, -0.15) is 0 Å². The van der Waals surface area contributed by atoms with Gasteiger partial charge in [0.1, 0.15) is 5.69 Å². The zero-order valence-corrected chi connectivity index (χ0v) is 13.3. The molecule has 0 aliphatic carbocycles. The average Bonchev–Trinajstić information content (AvgIpc) is 2.61. The van der Waals surface area contributed by atoms with E-state index in [0.29, 0.717) is 5.56 Å². The van der Waals surface area contributed by atoms with Crippen molar-refractivity contribution in [3.05, 3.63) is 70.3 Å². The zero-order chi connectivity index (χ0) is 18.4. The number of nitrogens with zero attached hydrogens (tertiary/aromatic N) is 1. The molecule has 2 N–H and O–H groups in total. The second-order valence-corrected chi connectivity index (χ2v) is 5.16. The maximum absolute atomic E-state index is 12.1. The van der Waals surface area contributed by atoms with E-state index in [1.807, 2.05) is 0 Å². The molecule has 0 unspecified atom stereocenters. The fourth-order valence-electron chi connectivity index (χ4n) is 2.04. The topological polar surface area (TPSA) is 119 Å². The molecule has 2 aromatic rings. The van der Waals surface area contributed by atoms with Crippen molar-refractivity contribution in [2.24, 2.45) is 0 Å². The van der Waals surface area contributed by atoms with Crippen LogP contribution in [0.4, 0.5) is 11.4 Å². The number of aliphatic hydroxyl groups excluding tert-OH is 1. The highest BCUT2D eigenvalue weighted by molar-refractivity contribution is 5.97. The van der Waals surface area contributed by atoms with E-state index in [2.05, 4.69) is 5.32 Å². The van der Waals surface area contributed by atoms with Gasteiger partial charge in [0.05, 0.1) is 4.92 Å². The lowest BCUT2D eigenvalue weighted by Gasteiger charge is -2.16. The van der Waals surface area contributed by atoms with Crippen LogP contribution in [0.5, 0.6) is 0 Å². The molecular weight excluding hydrogens is 328 g/mol. The van der Waals surface area contributed by atoms with Crippen LogP contribution in [0, 0.1) is 10.1 Å². The lowest BCUT2D eigenvalue weighted by molar-refractivity contribution is -0.383. The van der Waals surface area contributed by atoms with Crippen LogP contribution in [0.15, 0.2) is 54.6 Å². The summed E-state index contributed by atoms with van der Waals surface area (Å²) in [5.74, 6) is -1.74. The first-order valence-corrected chi connectivity index (χ1v) is 7.38. The van der Waals surface area contributed by atoms with Crippen LogP contribution in [0.3, 0.4) is 0 Å². The SMILES string of the molecule is C[C@H](OC(=O)[C@H](O)c1ccccc1)C(=O)Nc1ccccc1[N+](=O)[O-]. The van der Waals surface area contributed by atoms with Crippen molar-refractivity contribution in [1.29, 1.82) is 0 Å². The molecule has 0 spiro atoms. The van der Waals surface area contributed by atoms with Crippen LogP contribution >= 0.6 is 0 Å². The number of carbonyl (C=O) groups is 2. The van der Waals surface area contributed by atoms with Crippen LogP contribution < -0.4 is 5.32 Å². The number of rotatable bonds is 6. The molecule has 130 valence electrons. The Hall–Kier alpha value is -3.26. The van der Waals surface area contributed by atoms with Crippen molar-refractivity contribution in [3.8, 4) is 0 Å². The Balaban J connectivity index is 2.01. The number of nitro groups is 1. The van der Waals surface area contributed by atoms with Gasteiger partial charge in [0.25, 0.3) is 11.6 Å². The summed E-state index contributed by atoms with van der Waals surface area (Å²) in [5.41, 5.74) is 0.0431. The number of para-hydroxylation sites is 2. The number of hydrogen-bond donors (Lipinski definition) is 2. The van der Waals surface area contributed by atoms with Crippen molar-refractivity contribution in [2.75, 3.05) is 5.32 Å². The Morgan fingerprint density at radius 1 is 1.12 bits per heavy atom. The number of hydrogen-bond acceptors (Lipinski definition) is 6. The molecule has 0 saturated heterocycles. The number of benzene rings is 2. The molecule has 0 heterocycles. The summed E-state index contributed by atoms with van der Waals surface area (Å²) in [7, 11) is 0. The Labute approximate surface area is 143 Å². The van der Waals surface area contributed by atoms with E-state index in [1.165, 1.54) is 31.2 Å². The van der Waals surface area contributed by atoms with Crippen molar-refractivity contribution in [1.82, 2.24) is 0 Å². The van der Waals surface area contributed by atoms with Gasteiger partial charge in [-0.25, -0.2) is 4.79 Å². The lowest BCUT2D eigenvalue weighted by atomic mass is 10.1. The molecule has 0 saturated carbocycles. The highest BCUT2D eigenvalue weighted by Crippen LogP contribution is 2.23. The van der Waals surface area contributed by atoms with Crippen LogP contribution in [-0.2, 0) is 14.3 Å². The molecule has 0 aromatic heterocycles. The summed E-state index contributed by atoms with van der Waals surface area (Å²) in [6, 6.07) is 13.7. The summed E-state index contributed by atoms with van der Waals surface area (Å²) in [6.07, 6.45) is -2.77. The number of amides is 1. The third-order valence-corrected chi connectivity index (χ3v) is 3.36. The predicted octanol–water partition coefficient (Wildman–Crippen LogP) is 2.20. The van der Waals surface area contributed by atoms with Crippen molar-refractivity contribution < 1.29 is 24.4 Å². The number of carbonyl (C=O) groups excluding carboxylic acids is 2. The van der Waals surface area contributed by atoms with E-state index in [-0.39, 0.29) is 11.4 Å². The van der Waals surface area contributed by atoms with Gasteiger partial charge >= 0.3 is 5.97 Å². The van der Waals surface area contributed by atoms with Gasteiger partial charge in [0.2, 0.25) is 0 Å². The fraction of sp³-hybridized carbons (Fsp3) is 0.176. The van der Waals surface area contributed by atoms with Gasteiger partial charge in [-0.15, -0.1) is 0 Å². The second kappa shape index (κ2) is 8.02.